The molecule has 0 aliphatic carbocycles. The average Bonchev–Trinajstić information content (AvgIpc) is 3.24. The predicted molar refractivity (Wildman–Crippen MR) is 110 cm³/mol. The fourth-order valence-electron chi connectivity index (χ4n) is 3.01. The molecular formula is C20H23NO4S2. The lowest BCUT2D eigenvalue weighted by Gasteiger charge is -2.28. The number of hydrogen-bond donors (Lipinski definition) is 0. The van der Waals surface area contributed by atoms with Crippen LogP contribution in [0.4, 0.5) is 0 Å². The van der Waals surface area contributed by atoms with Crippen LogP contribution in [0.1, 0.15) is 12.0 Å². The van der Waals surface area contributed by atoms with Gasteiger partial charge in [0.1, 0.15) is 17.2 Å². The summed E-state index contributed by atoms with van der Waals surface area (Å²) >= 11 is 3.26. The van der Waals surface area contributed by atoms with Crippen LogP contribution in [0.5, 0.6) is 17.2 Å². The minimum atomic E-state index is 0.164. The van der Waals surface area contributed by atoms with E-state index in [-0.39, 0.29) is 5.91 Å². The van der Waals surface area contributed by atoms with E-state index < -0.39 is 0 Å². The first-order valence-corrected chi connectivity index (χ1v) is 10.5. The zero-order valence-electron chi connectivity index (χ0n) is 15.7. The summed E-state index contributed by atoms with van der Waals surface area (Å²) in [4.78, 5) is 14.4. The van der Waals surface area contributed by atoms with Gasteiger partial charge in [0.15, 0.2) is 0 Å². The average molecular weight is 406 g/mol. The molecule has 0 N–H and O–H groups in total. The van der Waals surface area contributed by atoms with Gasteiger partial charge >= 0.3 is 0 Å². The number of carbonyl (C=O) groups is 1. The molecule has 1 aromatic carbocycles. The van der Waals surface area contributed by atoms with E-state index in [0.29, 0.717) is 36.1 Å². The standard InChI is InChI=1S/C20H23NO4S2/c1-23-15-11-16(24-2)20(17(12-15)25-3)14-6-8-21(9-7-14)18(22)13-27-19-5-4-10-26-19/h4-6,10-12H,7-9,13H2,1-3H3. The quantitative estimate of drug-likeness (QED) is 0.647. The zero-order valence-corrected chi connectivity index (χ0v) is 17.3. The van der Waals surface area contributed by atoms with Crippen molar-refractivity contribution < 1.29 is 19.0 Å². The molecule has 2 heterocycles. The van der Waals surface area contributed by atoms with E-state index in [1.807, 2.05) is 34.5 Å². The molecule has 1 aliphatic rings. The Morgan fingerprint density at radius 3 is 2.44 bits per heavy atom. The number of ether oxygens (including phenoxy) is 3. The van der Waals surface area contributed by atoms with Gasteiger partial charge < -0.3 is 19.1 Å². The summed E-state index contributed by atoms with van der Waals surface area (Å²) in [6, 6.07) is 7.75. The van der Waals surface area contributed by atoms with Gasteiger partial charge in [0, 0.05) is 25.2 Å². The molecule has 0 fully saturated rings. The molecule has 2 aromatic rings. The zero-order chi connectivity index (χ0) is 19.2. The second kappa shape index (κ2) is 9.19. The van der Waals surface area contributed by atoms with Gasteiger partial charge in [-0.2, -0.15) is 0 Å². The molecular weight excluding hydrogens is 382 g/mol. The Balaban J connectivity index is 1.72. The van der Waals surface area contributed by atoms with Crippen molar-refractivity contribution >= 4 is 34.6 Å². The minimum absolute atomic E-state index is 0.164. The molecule has 1 aromatic heterocycles. The topological polar surface area (TPSA) is 48.0 Å². The number of methoxy groups -OCH3 is 3. The fourth-order valence-corrected chi connectivity index (χ4v) is 4.70. The van der Waals surface area contributed by atoms with Crippen molar-refractivity contribution in [2.75, 3.05) is 40.2 Å². The van der Waals surface area contributed by atoms with Gasteiger partial charge in [-0.05, 0) is 23.4 Å². The first kappa shape index (κ1) is 19.6. The van der Waals surface area contributed by atoms with Crippen LogP contribution in [-0.4, -0.2) is 51.0 Å². The molecule has 0 unspecified atom stereocenters. The number of thiophene rings is 1. The van der Waals surface area contributed by atoms with Gasteiger partial charge in [-0.15, -0.1) is 23.1 Å². The van der Waals surface area contributed by atoms with Crippen molar-refractivity contribution in [3.63, 3.8) is 0 Å². The predicted octanol–water partition coefficient (Wildman–Crippen LogP) is 4.18. The lowest BCUT2D eigenvalue weighted by atomic mass is 9.97. The molecule has 5 nitrogen and oxygen atoms in total. The van der Waals surface area contributed by atoms with Crippen LogP contribution in [-0.2, 0) is 4.79 Å². The Labute approximate surface area is 167 Å². The molecule has 0 saturated heterocycles. The van der Waals surface area contributed by atoms with Crippen LogP contribution in [0.3, 0.4) is 0 Å². The van der Waals surface area contributed by atoms with Crippen molar-refractivity contribution in [3.8, 4) is 17.2 Å². The van der Waals surface area contributed by atoms with Gasteiger partial charge in [-0.25, -0.2) is 0 Å². The second-order valence-electron chi connectivity index (χ2n) is 5.95. The Bertz CT molecular complexity index is 792. The van der Waals surface area contributed by atoms with E-state index >= 15 is 0 Å². The molecule has 1 aliphatic heterocycles. The van der Waals surface area contributed by atoms with E-state index in [1.54, 1.807) is 44.4 Å². The molecule has 27 heavy (non-hydrogen) atoms. The van der Waals surface area contributed by atoms with Crippen molar-refractivity contribution in [2.24, 2.45) is 0 Å². The number of nitrogens with zero attached hydrogens (tertiary/aromatic N) is 1. The van der Waals surface area contributed by atoms with E-state index in [1.165, 1.54) is 4.21 Å². The van der Waals surface area contributed by atoms with Crippen LogP contribution in [0.2, 0.25) is 0 Å². The largest absolute Gasteiger partial charge is 0.496 e. The van der Waals surface area contributed by atoms with Gasteiger partial charge in [0.05, 0.1) is 36.9 Å². The summed E-state index contributed by atoms with van der Waals surface area (Å²) in [7, 11) is 4.89. The SMILES string of the molecule is COc1cc(OC)c(C2=CCN(C(=O)CSc3cccs3)CC2)c(OC)c1. The first-order chi connectivity index (χ1) is 13.2. The maximum absolute atomic E-state index is 12.5. The maximum atomic E-state index is 12.5. The summed E-state index contributed by atoms with van der Waals surface area (Å²) in [5, 5.41) is 2.03. The number of amides is 1. The number of rotatable bonds is 7. The van der Waals surface area contributed by atoms with Crippen molar-refractivity contribution in [2.45, 2.75) is 10.6 Å². The van der Waals surface area contributed by atoms with E-state index in [4.69, 9.17) is 14.2 Å². The van der Waals surface area contributed by atoms with Crippen LogP contribution in [0.15, 0.2) is 39.9 Å². The Morgan fingerprint density at radius 1 is 1.19 bits per heavy atom. The number of hydrogen-bond acceptors (Lipinski definition) is 6. The highest BCUT2D eigenvalue weighted by atomic mass is 32.2. The third-order valence-corrected chi connectivity index (χ3v) is 6.55. The smallest absolute Gasteiger partial charge is 0.233 e. The molecule has 0 radical (unpaired) electrons. The van der Waals surface area contributed by atoms with Crippen molar-refractivity contribution in [3.05, 3.63) is 41.3 Å². The van der Waals surface area contributed by atoms with Crippen LogP contribution >= 0.6 is 23.1 Å². The van der Waals surface area contributed by atoms with E-state index in [0.717, 1.165) is 17.6 Å². The summed E-state index contributed by atoms with van der Waals surface area (Å²) < 4.78 is 17.6. The monoisotopic (exact) mass is 405 g/mol. The summed E-state index contributed by atoms with van der Waals surface area (Å²) in [5.74, 6) is 2.75. The molecule has 0 spiro atoms. The highest BCUT2D eigenvalue weighted by Gasteiger charge is 2.23. The fraction of sp³-hybridized carbons (Fsp3) is 0.350. The number of carbonyl (C=O) groups excluding carboxylic acids is 1. The highest BCUT2D eigenvalue weighted by Crippen LogP contribution is 2.40. The lowest BCUT2D eigenvalue weighted by Crippen LogP contribution is -2.35. The van der Waals surface area contributed by atoms with Crippen molar-refractivity contribution in [1.82, 2.24) is 4.90 Å². The van der Waals surface area contributed by atoms with Gasteiger partial charge in [-0.3, -0.25) is 4.79 Å². The summed E-state index contributed by atoms with van der Waals surface area (Å²) in [6.07, 6.45) is 2.85. The normalized spacial score (nSPS) is 13.9. The maximum Gasteiger partial charge on any atom is 0.233 e. The van der Waals surface area contributed by atoms with Gasteiger partial charge in [0.25, 0.3) is 0 Å². The minimum Gasteiger partial charge on any atom is -0.496 e. The molecule has 0 saturated carbocycles. The molecule has 1 amide bonds. The highest BCUT2D eigenvalue weighted by molar-refractivity contribution is 8.01. The van der Waals surface area contributed by atoms with Crippen LogP contribution in [0.25, 0.3) is 5.57 Å². The Morgan fingerprint density at radius 2 is 1.93 bits per heavy atom. The Hall–Kier alpha value is -2.12. The lowest BCUT2D eigenvalue weighted by molar-refractivity contribution is -0.127. The van der Waals surface area contributed by atoms with E-state index in [2.05, 4.69) is 6.08 Å². The molecule has 0 atom stereocenters. The number of benzene rings is 1. The molecule has 0 bridgehead atoms. The van der Waals surface area contributed by atoms with Crippen molar-refractivity contribution in [1.29, 1.82) is 0 Å². The van der Waals surface area contributed by atoms with Gasteiger partial charge in [-0.1, -0.05) is 12.1 Å². The summed E-state index contributed by atoms with van der Waals surface area (Å²) in [6.45, 7) is 1.28. The second-order valence-corrected chi connectivity index (χ2v) is 8.17. The third kappa shape index (κ3) is 4.59. The van der Waals surface area contributed by atoms with Crippen LogP contribution < -0.4 is 14.2 Å². The molecule has 3 rings (SSSR count). The summed E-state index contributed by atoms with van der Waals surface area (Å²) in [5.41, 5.74) is 2.06. The van der Waals surface area contributed by atoms with Gasteiger partial charge in [0.2, 0.25) is 5.91 Å². The first-order valence-electron chi connectivity index (χ1n) is 8.59. The molecule has 7 heteroatoms. The molecule has 144 valence electrons. The van der Waals surface area contributed by atoms with E-state index in [9.17, 15) is 4.79 Å². The third-order valence-electron chi connectivity index (χ3n) is 4.43. The number of thioether (sulfide) groups is 1. The van der Waals surface area contributed by atoms with Crippen LogP contribution in [0, 0.1) is 0 Å². The Kier molecular flexibility index (Phi) is 6.68.